The third-order valence-electron chi connectivity index (χ3n) is 2.16. The summed E-state index contributed by atoms with van der Waals surface area (Å²) >= 11 is 0. The Hall–Kier alpha value is -1.51. The van der Waals surface area contributed by atoms with Gasteiger partial charge in [0.2, 0.25) is 12.0 Å². The van der Waals surface area contributed by atoms with Crippen LogP contribution in [0.4, 0.5) is 4.39 Å². The van der Waals surface area contributed by atoms with E-state index < -0.39 is 17.7 Å². The summed E-state index contributed by atoms with van der Waals surface area (Å²) < 4.78 is 13.3. The molecule has 1 aromatic carbocycles. The van der Waals surface area contributed by atoms with E-state index in [-0.39, 0.29) is 12.0 Å². The molecule has 0 amide bonds. The van der Waals surface area contributed by atoms with E-state index in [1.54, 1.807) is 19.1 Å². The summed E-state index contributed by atoms with van der Waals surface area (Å²) in [7, 11) is 0. The van der Waals surface area contributed by atoms with Crippen molar-refractivity contribution in [3.05, 3.63) is 35.4 Å². The molecule has 0 aliphatic heterocycles. The van der Waals surface area contributed by atoms with E-state index >= 15 is 0 Å². The van der Waals surface area contributed by atoms with E-state index in [9.17, 15) is 14.0 Å². The van der Waals surface area contributed by atoms with Crippen molar-refractivity contribution in [1.29, 1.82) is 0 Å². The largest absolute Gasteiger partial charge is 0.296 e. The van der Waals surface area contributed by atoms with Gasteiger partial charge in [0, 0.05) is 12.0 Å². The fourth-order valence-corrected chi connectivity index (χ4v) is 1.27. The number of alkyl halides is 1. The smallest absolute Gasteiger partial charge is 0.220 e. The Morgan fingerprint density at radius 2 is 2.07 bits per heavy atom. The molecule has 80 valence electrons. The van der Waals surface area contributed by atoms with E-state index in [2.05, 4.69) is 0 Å². The average Bonchev–Trinajstić information content (AvgIpc) is 2.26. The van der Waals surface area contributed by atoms with Crippen LogP contribution in [-0.4, -0.2) is 17.7 Å². The van der Waals surface area contributed by atoms with Crippen LogP contribution in [0.25, 0.3) is 0 Å². The van der Waals surface area contributed by atoms with Gasteiger partial charge in [-0.3, -0.25) is 9.59 Å². The van der Waals surface area contributed by atoms with Crippen molar-refractivity contribution in [3.8, 4) is 0 Å². The molecule has 1 atom stereocenters. The number of halogens is 1. The van der Waals surface area contributed by atoms with Crippen molar-refractivity contribution in [2.45, 2.75) is 26.4 Å². The molecule has 0 aromatic heterocycles. The number of Topliss-reactive ketones (excluding diaryl/α,β-unsaturated/α-hetero) is 2. The highest BCUT2D eigenvalue weighted by Crippen LogP contribution is 2.10. The maximum absolute atomic E-state index is 13.3. The maximum Gasteiger partial charge on any atom is 0.220 e. The second-order valence-electron chi connectivity index (χ2n) is 3.42. The van der Waals surface area contributed by atoms with Crippen LogP contribution in [0.2, 0.25) is 0 Å². The Morgan fingerprint density at radius 3 is 2.60 bits per heavy atom. The molecule has 0 bridgehead atoms. The predicted molar refractivity (Wildman–Crippen MR) is 55.7 cm³/mol. The van der Waals surface area contributed by atoms with E-state index in [1.807, 2.05) is 13.0 Å². The van der Waals surface area contributed by atoms with Gasteiger partial charge in [0.05, 0.1) is 0 Å². The number of aryl methyl sites for hydroxylation is 1. The maximum atomic E-state index is 13.3. The summed E-state index contributed by atoms with van der Waals surface area (Å²) in [5.41, 5.74) is 1.13. The first-order valence-corrected chi connectivity index (χ1v) is 4.84. The Kier molecular flexibility index (Phi) is 3.72. The van der Waals surface area contributed by atoms with Gasteiger partial charge >= 0.3 is 0 Å². The molecule has 15 heavy (non-hydrogen) atoms. The Labute approximate surface area is 88.1 Å². The number of benzene rings is 1. The molecule has 0 fully saturated rings. The highest BCUT2D eigenvalue weighted by Gasteiger charge is 2.25. The Morgan fingerprint density at radius 1 is 1.40 bits per heavy atom. The number of hydrogen-bond acceptors (Lipinski definition) is 2. The fraction of sp³-hybridized carbons (Fsp3) is 0.333. The molecule has 1 aromatic rings. The summed E-state index contributed by atoms with van der Waals surface area (Å²) in [5.74, 6) is -1.41. The van der Waals surface area contributed by atoms with Crippen LogP contribution in [0.1, 0.15) is 29.3 Å². The molecule has 1 unspecified atom stereocenters. The third-order valence-corrected chi connectivity index (χ3v) is 2.16. The average molecular weight is 208 g/mol. The normalized spacial score (nSPS) is 12.2. The first-order chi connectivity index (χ1) is 7.06. The van der Waals surface area contributed by atoms with E-state index in [4.69, 9.17) is 0 Å². The number of carbonyl (C=O) groups excluding carboxylic acids is 2. The number of rotatable bonds is 4. The molecule has 0 radical (unpaired) electrons. The van der Waals surface area contributed by atoms with Crippen molar-refractivity contribution < 1.29 is 14.0 Å². The van der Waals surface area contributed by atoms with Crippen LogP contribution < -0.4 is 0 Å². The van der Waals surface area contributed by atoms with Crippen LogP contribution in [-0.2, 0) is 4.79 Å². The van der Waals surface area contributed by atoms with Crippen LogP contribution in [0.5, 0.6) is 0 Å². The number of ketones is 2. The van der Waals surface area contributed by atoms with Gasteiger partial charge in [0.25, 0.3) is 0 Å². The summed E-state index contributed by atoms with van der Waals surface area (Å²) in [6, 6.07) is 6.58. The first-order valence-electron chi connectivity index (χ1n) is 4.84. The van der Waals surface area contributed by atoms with Gasteiger partial charge in [0.1, 0.15) is 0 Å². The molecule has 3 heteroatoms. The van der Waals surface area contributed by atoms with Gasteiger partial charge in [-0.25, -0.2) is 4.39 Å². The highest BCUT2D eigenvalue weighted by atomic mass is 19.1. The van der Waals surface area contributed by atoms with Crippen molar-refractivity contribution in [1.82, 2.24) is 0 Å². The van der Waals surface area contributed by atoms with Gasteiger partial charge in [0.15, 0.2) is 5.78 Å². The van der Waals surface area contributed by atoms with Gasteiger partial charge in [-0.05, 0) is 13.0 Å². The summed E-state index contributed by atoms with van der Waals surface area (Å²) in [6.07, 6.45) is -1.98. The zero-order valence-electron chi connectivity index (χ0n) is 8.79. The SMILES string of the molecule is CCC(=O)C(F)C(=O)c1cccc(C)c1. The summed E-state index contributed by atoms with van der Waals surface area (Å²) in [6.45, 7) is 3.35. The summed E-state index contributed by atoms with van der Waals surface area (Å²) in [5, 5.41) is 0. The van der Waals surface area contributed by atoms with Crippen LogP contribution in [0.3, 0.4) is 0 Å². The van der Waals surface area contributed by atoms with Crippen LogP contribution >= 0.6 is 0 Å². The zero-order valence-corrected chi connectivity index (χ0v) is 8.79. The third kappa shape index (κ3) is 2.72. The van der Waals surface area contributed by atoms with Gasteiger partial charge in [-0.2, -0.15) is 0 Å². The minimum atomic E-state index is -2.02. The van der Waals surface area contributed by atoms with Crippen LogP contribution in [0.15, 0.2) is 24.3 Å². The molecule has 0 saturated heterocycles. The van der Waals surface area contributed by atoms with E-state index in [1.165, 1.54) is 6.07 Å². The zero-order chi connectivity index (χ0) is 11.4. The molecule has 0 aliphatic carbocycles. The topological polar surface area (TPSA) is 34.1 Å². The second-order valence-corrected chi connectivity index (χ2v) is 3.42. The Balaban J connectivity index is 2.90. The quantitative estimate of drug-likeness (QED) is 0.562. The lowest BCUT2D eigenvalue weighted by Crippen LogP contribution is -2.25. The van der Waals surface area contributed by atoms with Gasteiger partial charge < -0.3 is 0 Å². The molecular formula is C12H13FO2. The van der Waals surface area contributed by atoms with E-state index in [0.717, 1.165) is 5.56 Å². The second kappa shape index (κ2) is 4.82. The van der Waals surface area contributed by atoms with Crippen molar-refractivity contribution >= 4 is 11.6 Å². The highest BCUT2D eigenvalue weighted by molar-refractivity contribution is 6.13. The van der Waals surface area contributed by atoms with Crippen molar-refractivity contribution in [2.75, 3.05) is 0 Å². The lowest BCUT2D eigenvalue weighted by molar-refractivity contribution is -0.121. The summed E-state index contributed by atoms with van der Waals surface area (Å²) in [4.78, 5) is 22.5. The lowest BCUT2D eigenvalue weighted by atomic mass is 10.0. The van der Waals surface area contributed by atoms with Crippen LogP contribution in [0, 0.1) is 6.92 Å². The molecule has 2 nitrogen and oxygen atoms in total. The molecule has 0 N–H and O–H groups in total. The van der Waals surface area contributed by atoms with Crippen molar-refractivity contribution in [2.24, 2.45) is 0 Å². The fourth-order valence-electron chi connectivity index (χ4n) is 1.27. The standard InChI is InChI=1S/C12H13FO2/c1-3-10(14)11(13)12(15)9-6-4-5-8(2)7-9/h4-7,11H,3H2,1-2H3. The van der Waals surface area contributed by atoms with E-state index in [0.29, 0.717) is 0 Å². The first kappa shape index (κ1) is 11.6. The predicted octanol–water partition coefficient (Wildman–Crippen LogP) is 2.49. The van der Waals surface area contributed by atoms with Crippen molar-refractivity contribution in [3.63, 3.8) is 0 Å². The number of carbonyl (C=O) groups is 2. The minimum absolute atomic E-state index is 0.0404. The monoisotopic (exact) mass is 208 g/mol. The molecule has 0 heterocycles. The molecule has 0 aliphatic rings. The molecule has 1 rings (SSSR count). The molecular weight excluding hydrogens is 195 g/mol. The Bertz CT molecular complexity index is 385. The number of hydrogen-bond donors (Lipinski definition) is 0. The minimum Gasteiger partial charge on any atom is -0.296 e. The molecule has 0 saturated carbocycles. The van der Waals surface area contributed by atoms with Gasteiger partial charge in [-0.1, -0.05) is 30.7 Å². The van der Waals surface area contributed by atoms with Gasteiger partial charge in [-0.15, -0.1) is 0 Å². The molecule has 0 spiro atoms. The lowest BCUT2D eigenvalue weighted by Gasteiger charge is -2.05.